The minimum absolute atomic E-state index is 0.163. The summed E-state index contributed by atoms with van der Waals surface area (Å²) in [5.74, 6) is -0.990. The molecule has 0 bridgehead atoms. The molecule has 0 unspecified atom stereocenters. The Bertz CT molecular complexity index is 350. The molecule has 0 saturated carbocycles. The van der Waals surface area contributed by atoms with Crippen LogP contribution in [0.1, 0.15) is 21.5 Å². The van der Waals surface area contributed by atoms with Crippen molar-refractivity contribution in [2.24, 2.45) is 0 Å². The summed E-state index contributed by atoms with van der Waals surface area (Å²) in [6.45, 7) is 1.84. The Balaban J connectivity index is 3.35. The molecule has 1 aromatic carbocycles. The van der Waals surface area contributed by atoms with Crippen molar-refractivity contribution in [1.82, 2.24) is 0 Å². The number of rotatable bonds is 2. The average Bonchev–Trinajstić information content (AvgIpc) is 2.08. The molecule has 0 radical (unpaired) electrons. The molecule has 0 aliphatic heterocycles. The van der Waals surface area contributed by atoms with Crippen LogP contribution in [-0.4, -0.2) is 11.1 Å². The van der Waals surface area contributed by atoms with Gasteiger partial charge in [-0.25, -0.2) is 4.79 Å². The molecule has 2 nitrogen and oxygen atoms in total. The first-order valence-electron chi connectivity index (χ1n) is 3.64. The highest BCUT2D eigenvalue weighted by atomic mass is 79.9. The highest BCUT2D eigenvalue weighted by molar-refractivity contribution is 9.08. The molecule has 1 aromatic rings. The molecule has 0 aliphatic carbocycles. The van der Waals surface area contributed by atoms with Crippen LogP contribution in [0.15, 0.2) is 12.1 Å². The summed E-state index contributed by atoms with van der Waals surface area (Å²) in [7, 11) is 0. The smallest absolute Gasteiger partial charge is 0.337 e. The van der Waals surface area contributed by atoms with Crippen molar-refractivity contribution >= 4 is 33.5 Å². The molecular formula is C9H8BrClO2. The molecule has 0 saturated heterocycles. The van der Waals surface area contributed by atoms with Crippen molar-refractivity contribution in [3.63, 3.8) is 0 Å². The van der Waals surface area contributed by atoms with Gasteiger partial charge >= 0.3 is 5.97 Å². The number of carboxylic acids is 1. The number of carboxylic acid groups (broad SMARTS) is 1. The number of halogens is 2. The molecule has 0 aliphatic rings. The molecule has 70 valence electrons. The molecule has 0 heterocycles. The van der Waals surface area contributed by atoms with Gasteiger partial charge in [-0.05, 0) is 24.1 Å². The van der Waals surface area contributed by atoms with Crippen LogP contribution in [0.4, 0.5) is 0 Å². The monoisotopic (exact) mass is 262 g/mol. The van der Waals surface area contributed by atoms with Gasteiger partial charge in [0.15, 0.2) is 0 Å². The van der Waals surface area contributed by atoms with Gasteiger partial charge in [-0.2, -0.15) is 0 Å². The first-order valence-corrected chi connectivity index (χ1v) is 5.14. The van der Waals surface area contributed by atoms with Crippen molar-refractivity contribution < 1.29 is 9.90 Å². The molecule has 0 spiro atoms. The van der Waals surface area contributed by atoms with Gasteiger partial charge in [-0.3, -0.25) is 0 Å². The summed E-state index contributed by atoms with van der Waals surface area (Å²) in [5, 5.41) is 9.69. The molecule has 13 heavy (non-hydrogen) atoms. The zero-order chi connectivity index (χ0) is 10.0. The van der Waals surface area contributed by atoms with E-state index in [2.05, 4.69) is 15.9 Å². The Hall–Kier alpha value is -0.540. The number of hydrogen-bond donors (Lipinski definition) is 1. The third-order valence-corrected chi connectivity index (χ3v) is 2.72. The van der Waals surface area contributed by atoms with E-state index >= 15 is 0 Å². The Morgan fingerprint density at radius 1 is 1.62 bits per heavy atom. The summed E-state index contributed by atoms with van der Waals surface area (Å²) in [6, 6.07) is 3.43. The van der Waals surface area contributed by atoms with Crippen molar-refractivity contribution in [1.29, 1.82) is 0 Å². The number of benzene rings is 1. The summed E-state index contributed by atoms with van der Waals surface area (Å²) >= 11 is 9.11. The lowest BCUT2D eigenvalue weighted by molar-refractivity contribution is 0.0697. The topological polar surface area (TPSA) is 37.3 Å². The van der Waals surface area contributed by atoms with Gasteiger partial charge < -0.3 is 5.11 Å². The maximum absolute atomic E-state index is 10.7. The number of aromatic carboxylic acids is 1. The Labute approximate surface area is 89.7 Å². The van der Waals surface area contributed by atoms with Crippen LogP contribution in [0.5, 0.6) is 0 Å². The highest BCUT2D eigenvalue weighted by Gasteiger charge is 2.12. The molecule has 0 atom stereocenters. The van der Waals surface area contributed by atoms with Crippen LogP contribution in [0.2, 0.25) is 5.02 Å². The van der Waals surface area contributed by atoms with Gasteiger partial charge in [0.05, 0.1) is 10.6 Å². The highest BCUT2D eigenvalue weighted by Crippen LogP contribution is 2.25. The van der Waals surface area contributed by atoms with E-state index in [4.69, 9.17) is 16.7 Å². The van der Waals surface area contributed by atoms with Crippen LogP contribution < -0.4 is 0 Å². The lowest BCUT2D eigenvalue weighted by Gasteiger charge is -2.05. The zero-order valence-electron chi connectivity index (χ0n) is 6.97. The summed E-state index contributed by atoms with van der Waals surface area (Å²) in [4.78, 5) is 10.7. The Morgan fingerprint density at radius 3 is 2.69 bits per heavy atom. The first-order chi connectivity index (χ1) is 6.06. The second kappa shape index (κ2) is 4.11. The third-order valence-electron chi connectivity index (χ3n) is 1.67. The normalized spacial score (nSPS) is 10.1. The van der Waals surface area contributed by atoms with Crippen LogP contribution in [0.3, 0.4) is 0 Å². The molecule has 1 N–H and O–H groups in total. The fraction of sp³-hybridized carbons (Fsp3) is 0.222. The molecule has 0 amide bonds. The van der Waals surface area contributed by atoms with E-state index < -0.39 is 5.97 Å². The van der Waals surface area contributed by atoms with Gasteiger partial charge in [0.1, 0.15) is 0 Å². The van der Waals surface area contributed by atoms with Gasteiger partial charge in [0, 0.05) is 5.33 Å². The Kier molecular flexibility index (Phi) is 3.33. The average molecular weight is 264 g/mol. The minimum atomic E-state index is -0.990. The lowest BCUT2D eigenvalue weighted by atomic mass is 10.1. The predicted octanol–water partition coefficient (Wildman–Crippen LogP) is 3.24. The number of aryl methyl sites for hydroxylation is 1. The number of alkyl halides is 1. The van der Waals surface area contributed by atoms with E-state index in [0.717, 1.165) is 11.1 Å². The van der Waals surface area contributed by atoms with Crippen LogP contribution >= 0.6 is 27.5 Å². The van der Waals surface area contributed by atoms with Crippen molar-refractivity contribution in [3.8, 4) is 0 Å². The van der Waals surface area contributed by atoms with E-state index in [1.54, 1.807) is 6.07 Å². The van der Waals surface area contributed by atoms with Gasteiger partial charge in [-0.1, -0.05) is 33.6 Å². The van der Waals surface area contributed by atoms with Crippen LogP contribution in [-0.2, 0) is 5.33 Å². The zero-order valence-corrected chi connectivity index (χ0v) is 9.32. The first kappa shape index (κ1) is 10.5. The largest absolute Gasteiger partial charge is 0.478 e. The predicted molar refractivity (Wildman–Crippen MR) is 55.8 cm³/mol. The molecule has 4 heteroatoms. The fourth-order valence-electron chi connectivity index (χ4n) is 1.10. The third kappa shape index (κ3) is 2.23. The van der Waals surface area contributed by atoms with Crippen LogP contribution in [0, 0.1) is 6.92 Å². The summed E-state index contributed by atoms with van der Waals surface area (Å²) in [5.41, 5.74) is 1.87. The van der Waals surface area contributed by atoms with Crippen molar-refractivity contribution in [2.75, 3.05) is 0 Å². The van der Waals surface area contributed by atoms with E-state index in [0.29, 0.717) is 10.4 Å². The second-order valence-corrected chi connectivity index (χ2v) is 3.66. The number of carbonyl (C=O) groups is 1. The molecule has 0 aromatic heterocycles. The molecule has 1 rings (SSSR count). The van der Waals surface area contributed by atoms with Gasteiger partial charge in [-0.15, -0.1) is 0 Å². The molecule has 0 fully saturated rings. The maximum Gasteiger partial charge on any atom is 0.337 e. The van der Waals surface area contributed by atoms with Crippen molar-refractivity contribution in [3.05, 3.63) is 33.8 Å². The SMILES string of the molecule is Cc1cc(CBr)c(Cl)c(C(=O)O)c1. The number of hydrogen-bond acceptors (Lipinski definition) is 1. The van der Waals surface area contributed by atoms with Crippen molar-refractivity contribution in [2.45, 2.75) is 12.3 Å². The lowest BCUT2D eigenvalue weighted by Crippen LogP contribution is -2.00. The van der Waals surface area contributed by atoms with Gasteiger partial charge in [0.2, 0.25) is 0 Å². The standard InChI is InChI=1S/C9H8BrClO2/c1-5-2-6(4-10)8(11)7(3-5)9(12)13/h2-3H,4H2,1H3,(H,12,13). The fourth-order valence-corrected chi connectivity index (χ4v) is 1.96. The Morgan fingerprint density at radius 2 is 2.23 bits per heavy atom. The summed E-state index contributed by atoms with van der Waals surface area (Å²) < 4.78 is 0. The quantitative estimate of drug-likeness (QED) is 0.832. The van der Waals surface area contributed by atoms with E-state index in [1.165, 1.54) is 0 Å². The molecular weight excluding hydrogens is 255 g/mol. The van der Waals surface area contributed by atoms with E-state index in [1.807, 2.05) is 13.0 Å². The van der Waals surface area contributed by atoms with E-state index in [9.17, 15) is 4.79 Å². The van der Waals surface area contributed by atoms with Gasteiger partial charge in [0.25, 0.3) is 0 Å². The van der Waals surface area contributed by atoms with E-state index in [-0.39, 0.29) is 5.56 Å². The summed E-state index contributed by atoms with van der Waals surface area (Å²) in [6.07, 6.45) is 0. The van der Waals surface area contributed by atoms with Crippen LogP contribution in [0.25, 0.3) is 0 Å². The second-order valence-electron chi connectivity index (χ2n) is 2.72. The maximum atomic E-state index is 10.7. The minimum Gasteiger partial charge on any atom is -0.478 e.